The lowest BCUT2D eigenvalue weighted by atomic mass is 9.79. The molecule has 0 radical (unpaired) electrons. The largest absolute Gasteiger partial charge is 0.481 e. The first-order chi connectivity index (χ1) is 40.1. The quantitative estimate of drug-likeness (QED) is 0.0299. The highest BCUT2D eigenvalue weighted by Crippen LogP contribution is 2.32. The van der Waals surface area contributed by atoms with E-state index < -0.39 is 29.8 Å². The SMILES string of the molecule is CC(=O)CCCOCCOCC(=O)NCCOCCOCC(=O)NCCCC[C@H](CC(=O)CCc1cnc[nH]1)C(N)=O.CCCC(NC(=O)C1CCC(CCC(=O)CCCCCCCCCCCCCCCCCCC(=O)O)CC1)C(=O)O.[HH]. The second kappa shape index (κ2) is 52.4. The highest BCUT2D eigenvalue weighted by molar-refractivity contribution is 5.86. The molecule has 8 N–H and O–H groups in total. The van der Waals surface area contributed by atoms with Crippen molar-refractivity contribution in [2.24, 2.45) is 23.5 Å². The number of ether oxygens (including phenoxy) is 4. The maximum Gasteiger partial charge on any atom is 0.326 e. The molecule has 1 aliphatic rings. The molecular weight excluding hydrogens is 1070 g/mol. The highest BCUT2D eigenvalue weighted by atomic mass is 16.5. The van der Waals surface area contributed by atoms with Gasteiger partial charge in [-0.25, -0.2) is 9.78 Å². The van der Waals surface area contributed by atoms with E-state index in [0.29, 0.717) is 122 Å². The van der Waals surface area contributed by atoms with Crippen LogP contribution in [0.3, 0.4) is 0 Å². The van der Waals surface area contributed by atoms with Crippen LogP contribution in [-0.4, -0.2) is 145 Å². The number of carboxylic acids is 2. The number of nitrogens with two attached hydrogens (primary N) is 1. The van der Waals surface area contributed by atoms with Gasteiger partial charge in [-0.1, -0.05) is 110 Å². The zero-order chi connectivity index (χ0) is 61.0. The van der Waals surface area contributed by atoms with Gasteiger partial charge in [-0.15, -0.1) is 0 Å². The number of aryl methyl sites for hydroxylation is 1. The third-order valence-electron chi connectivity index (χ3n) is 14.8. The molecule has 0 bridgehead atoms. The van der Waals surface area contributed by atoms with Gasteiger partial charge in [0.15, 0.2) is 0 Å². The predicted molar refractivity (Wildman–Crippen MR) is 319 cm³/mol. The van der Waals surface area contributed by atoms with Crippen molar-refractivity contribution in [2.75, 3.05) is 65.9 Å². The van der Waals surface area contributed by atoms with E-state index in [1.807, 2.05) is 6.92 Å². The molecule has 2 rings (SSSR count). The van der Waals surface area contributed by atoms with E-state index in [1.165, 1.54) is 77.0 Å². The number of aromatic nitrogens is 2. The summed E-state index contributed by atoms with van der Waals surface area (Å²) in [6.07, 6.45) is 34.0. The lowest BCUT2D eigenvalue weighted by molar-refractivity contribution is -0.143. The van der Waals surface area contributed by atoms with Gasteiger partial charge in [0.1, 0.15) is 36.6 Å². The fourth-order valence-electron chi connectivity index (χ4n) is 9.83. The summed E-state index contributed by atoms with van der Waals surface area (Å²) in [7, 11) is 0. The number of nitrogens with zero attached hydrogens (tertiary/aromatic N) is 1. The lowest BCUT2D eigenvalue weighted by Gasteiger charge is -2.28. The van der Waals surface area contributed by atoms with Crippen LogP contribution in [0.25, 0.3) is 0 Å². The molecule has 478 valence electrons. The number of Topliss-reactive ketones (excluding diaryl/α,β-unsaturated/α-hetero) is 3. The Hall–Kier alpha value is -5.12. The number of amides is 4. The number of carboxylic acid groups (broad SMARTS) is 2. The van der Waals surface area contributed by atoms with Gasteiger partial charge < -0.3 is 60.6 Å². The standard InChI is InChI=1S/C34H61NO6.C28H47N5O9.H2/c1-2-19-31(34(40)41)35-33(39)29-25-22-28(23-26-29)24-27-30(36)20-17-15-13-11-9-7-5-3-4-6-8-10-12-14-16-18-21-32(37)38;1-22(34)5-4-11-39-13-15-41-20-27(37)32-10-12-40-14-16-42-19-26(36)31-9-3-2-6-23(28(29)38)17-25(35)8-7-24-18-30-21-33-24;/h28-29,31H,2-27H2,1H3,(H,35,39)(H,37,38)(H,40,41);18,21,23H,2-17,19-20H2,1H3,(H2,29,38)(H,30,33)(H,31,36)(H,32,37);1H/t;23-;/m.1./s1. The number of aromatic amines is 1. The molecular formula is C62H110N6O15. The van der Waals surface area contributed by atoms with Crippen molar-refractivity contribution >= 4 is 52.9 Å². The molecule has 0 saturated heterocycles. The molecule has 1 aromatic rings. The smallest absolute Gasteiger partial charge is 0.326 e. The molecule has 83 heavy (non-hydrogen) atoms. The maximum absolute atomic E-state index is 12.5. The molecule has 2 atom stereocenters. The number of ketones is 3. The second-order valence-corrected chi connectivity index (χ2v) is 22.3. The summed E-state index contributed by atoms with van der Waals surface area (Å²) in [6.45, 7) is 5.96. The van der Waals surface area contributed by atoms with Crippen LogP contribution < -0.4 is 21.7 Å². The lowest BCUT2D eigenvalue weighted by Crippen LogP contribution is -2.44. The summed E-state index contributed by atoms with van der Waals surface area (Å²) in [6, 6.07) is -0.782. The van der Waals surface area contributed by atoms with E-state index in [1.54, 1.807) is 19.4 Å². The van der Waals surface area contributed by atoms with E-state index in [9.17, 15) is 48.3 Å². The summed E-state index contributed by atoms with van der Waals surface area (Å²) in [5.41, 5.74) is 6.33. The number of rotatable bonds is 55. The summed E-state index contributed by atoms with van der Waals surface area (Å²) >= 11 is 0. The van der Waals surface area contributed by atoms with E-state index in [0.717, 1.165) is 69.9 Å². The second-order valence-electron chi connectivity index (χ2n) is 22.3. The number of carbonyl (C=O) groups excluding carboxylic acids is 7. The fraction of sp³-hybridized carbons (Fsp3) is 0.806. The monoisotopic (exact) mass is 1180 g/mol. The van der Waals surface area contributed by atoms with E-state index in [4.69, 9.17) is 29.8 Å². The maximum atomic E-state index is 12.5. The molecule has 4 amide bonds. The van der Waals surface area contributed by atoms with Gasteiger partial charge >= 0.3 is 11.9 Å². The number of imidazole rings is 1. The number of hydrogen-bond acceptors (Lipinski definition) is 14. The highest BCUT2D eigenvalue weighted by Gasteiger charge is 2.29. The Morgan fingerprint density at radius 1 is 0.614 bits per heavy atom. The number of primary amides is 1. The summed E-state index contributed by atoms with van der Waals surface area (Å²) < 4.78 is 21.2. The third kappa shape index (κ3) is 46.9. The van der Waals surface area contributed by atoms with Crippen molar-refractivity contribution in [3.8, 4) is 0 Å². The number of carbonyl (C=O) groups is 9. The van der Waals surface area contributed by atoms with Gasteiger partial charge in [-0.05, 0) is 89.9 Å². The van der Waals surface area contributed by atoms with Crippen molar-refractivity contribution in [1.29, 1.82) is 0 Å². The van der Waals surface area contributed by atoms with E-state index in [2.05, 4.69) is 25.9 Å². The average molecular weight is 1180 g/mol. The molecule has 1 unspecified atom stereocenters. The summed E-state index contributed by atoms with van der Waals surface area (Å²) in [4.78, 5) is 112. The first-order valence-electron chi connectivity index (χ1n) is 31.5. The van der Waals surface area contributed by atoms with Crippen molar-refractivity contribution in [3.63, 3.8) is 0 Å². The molecule has 1 fully saturated rings. The van der Waals surface area contributed by atoms with Crippen molar-refractivity contribution in [2.45, 2.75) is 238 Å². The van der Waals surface area contributed by atoms with Crippen LogP contribution in [0.1, 0.15) is 233 Å². The summed E-state index contributed by atoms with van der Waals surface area (Å²) in [5.74, 6) is -2.36. The van der Waals surface area contributed by atoms with Crippen molar-refractivity contribution < 1.29 is 73.7 Å². The van der Waals surface area contributed by atoms with Gasteiger partial charge in [-0.3, -0.25) is 33.6 Å². The first-order valence-corrected chi connectivity index (χ1v) is 31.5. The Morgan fingerprint density at radius 3 is 1.67 bits per heavy atom. The normalized spacial score (nSPS) is 14.6. The van der Waals surface area contributed by atoms with Gasteiger partial charge in [-0.2, -0.15) is 0 Å². The van der Waals surface area contributed by atoms with Gasteiger partial charge in [0.2, 0.25) is 23.6 Å². The molecule has 1 heterocycles. The van der Waals surface area contributed by atoms with Gasteiger partial charge in [0, 0.05) is 83.4 Å². The molecule has 1 aliphatic carbocycles. The van der Waals surface area contributed by atoms with Crippen LogP contribution in [0.15, 0.2) is 12.5 Å². The average Bonchev–Trinajstić information content (AvgIpc) is 4.12. The van der Waals surface area contributed by atoms with Crippen molar-refractivity contribution in [1.82, 2.24) is 25.9 Å². The third-order valence-corrected chi connectivity index (χ3v) is 14.8. The minimum atomic E-state index is -0.957. The molecule has 1 aromatic heterocycles. The fourth-order valence-corrected chi connectivity index (χ4v) is 9.83. The van der Waals surface area contributed by atoms with Crippen LogP contribution in [0, 0.1) is 17.8 Å². The predicted octanol–water partition coefficient (Wildman–Crippen LogP) is 9.11. The first kappa shape index (κ1) is 75.9. The van der Waals surface area contributed by atoms with E-state index in [-0.39, 0.29) is 69.5 Å². The van der Waals surface area contributed by atoms with Crippen LogP contribution in [-0.2, 0) is 68.5 Å². The van der Waals surface area contributed by atoms with Crippen LogP contribution in [0.5, 0.6) is 0 Å². The van der Waals surface area contributed by atoms with Gasteiger partial charge in [0.25, 0.3) is 0 Å². The zero-order valence-corrected chi connectivity index (χ0v) is 50.8. The molecule has 0 spiro atoms. The number of H-pyrrole nitrogens is 1. The summed E-state index contributed by atoms with van der Waals surface area (Å²) in [5, 5.41) is 26.0. The van der Waals surface area contributed by atoms with E-state index >= 15 is 0 Å². The van der Waals surface area contributed by atoms with Crippen LogP contribution in [0.4, 0.5) is 0 Å². The van der Waals surface area contributed by atoms with Crippen LogP contribution >= 0.6 is 0 Å². The topological polar surface area (TPSA) is 322 Å². The Labute approximate surface area is 496 Å². The Balaban J connectivity index is 0.00000162. The molecule has 1 saturated carbocycles. The molecule has 0 aromatic carbocycles. The molecule has 21 nitrogen and oxygen atoms in total. The molecule has 0 aliphatic heterocycles. The minimum Gasteiger partial charge on any atom is -0.481 e. The number of aliphatic carboxylic acids is 2. The number of unbranched alkanes of at least 4 members (excludes halogenated alkanes) is 16. The zero-order valence-electron chi connectivity index (χ0n) is 50.8. The molecule has 21 heteroatoms. The number of nitrogens with one attached hydrogen (secondary N) is 4. The van der Waals surface area contributed by atoms with Gasteiger partial charge in [0.05, 0.1) is 39.4 Å². The Kier molecular flexibility index (Phi) is 47.9. The van der Waals surface area contributed by atoms with Crippen molar-refractivity contribution in [3.05, 3.63) is 18.2 Å². The minimum absolute atomic E-state index is 0. The number of hydrogen-bond donors (Lipinski definition) is 7. The Morgan fingerprint density at radius 2 is 1.16 bits per heavy atom. The van der Waals surface area contributed by atoms with Crippen LogP contribution in [0.2, 0.25) is 0 Å². The Bertz CT molecular complexity index is 1900.